The van der Waals surface area contributed by atoms with Gasteiger partial charge in [0, 0.05) is 33.7 Å². The molecule has 0 spiro atoms. The zero-order valence-corrected chi connectivity index (χ0v) is 19.9. The van der Waals surface area contributed by atoms with E-state index in [0.29, 0.717) is 31.7 Å². The maximum atomic E-state index is 12.1. The smallest absolute Gasteiger partial charge is 0.407 e. The molecule has 0 saturated carbocycles. The number of benzene rings is 1. The van der Waals surface area contributed by atoms with Gasteiger partial charge in [0.15, 0.2) is 0 Å². The number of carbonyl (C=O) groups excluding carboxylic acids is 3. The molecule has 0 atom stereocenters. The fourth-order valence-corrected chi connectivity index (χ4v) is 3.73. The number of amides is 1. The van der Waals surface area contributed by atoms with Crippen molar-refractivity contribution in [1.29, 1.82) is 0 Å². The minimum Gasteiger partial charge on any atom is -0.454 e. The Bertz CT molecular complexity index is 733. The topological polar surface area (TPSA) is 90.9 Å². The molecule has 1 aromatic rings. The standard InChI is InChI=1S/C21H30INO6/c1-6-27-21(26)23-10-8-7-9-18(24)29-19-15(4)11-17(12-16(19)5)13-28-20(25)22-14(2)3/h11-12H,6-10,13H2,1-5H3,(H,23,26). The van der Waals surface area contributed by atoms with Crippen molar-refractivity contribution in [2.75, 3.05) is 13.2 Å². The maximum absolute atomic E-state index is 12.1. The highest BCUT2D eigenvalue weighted by Gasteiger charge is 2.12. The normalized spacial score (nSPS) is 10.2. The molecule has 0 heterocycles. The predicted molar refractivity (Wildman–Crippen MR) is 121 cm³/mol. The van der Waals surface area contributed by atoms with Crippen LogP contribution < -0.4 is 10.1 Å². The van der Waals surface area contributed by atoms with E-state index in [4.69, 9.17) is 14.2 Å². The van der Waals surface area contributed by atoms with Gasteiger partial charge in [-0.15, -0.1) is 0 Å². The lowest BCUT2D eigenvalue weighted by Gasteiger charge is -2.13. The Hall–Kier alpha value is -1.97. The molecule has 0 radical (unpaired) electrons. The number of hydrogen-bond donors (Lipinski definition) is 1. The highest BCUT2D eigenvalue weighted by Crippen LogP contribution is 2.26. The number of nitrogens with one attached hydrogen (secondary N) is 1. The number of hydrogen-bond acceptors (Lipinski definition) is 6. The van der Waals surface area contributed by atoms with Crippen LogP contribution >= 0.6 is 20.7 Å². The zero-order chi connectivity index (χ0) is 21.8. The van der Waals surface area contributed by atoms with Crippen molar-refractivity contribution in [3.05, 3.63) is 28.8 Å². The van der Waals surface area contributed by atoms with E-state index >= 15 is 0 Å². The summed E-state index contributed by atoms with van der Waals surface area (Å²) in [5.74, 6) is 0.227. The average Bonchev–Trinajstić information content (AvgIpc) is 2.62. The van der Waals surface area contributed by atoms with Crippen molar-refractivity contribution in [1.82, 2.24) is 5.32 Å². The molecule has 1 rings (SSSR count). The molecule has 0 unspecified atom stereocenters. The van der Waals surface area contributed by atoms with E-state index in [1.807, 2.05) is 39.8 Å². The zero-order valence-electron chi connectivity index (χ0n) is 17.7. The Labute approximate surface area is 182 Å². The second kappa shape index (κ2) is 13.3. The molecule has 0 saturated heterocycles. The molecule has 7 nitrogen and oxygen atoms in total. The van der Waals surface area contributed by atoms with Gasteiger partial charge in [-0.1, -0.05) is 0 Å². The van der Waals surface area contributed by atoms with Crippen LogP contribution in [0.2, 0.25) is 0 Å². The highest BCUT2D eigenvalue weighted by molar-refractivity contribution is 14.2. The molecule has 0 aliphatic carbocycles. The summed E-state index contributed by atoms with van der Waals surface area (Å²) in [5, 5.41) is 2.61. The second-order valence-electron chi connectivity index (χ2n) is 6.64. The average molecular weight is 519 g/mol. The number of ether oxygens (including phenoxy) is 3. The molecule has 0 aliphatic heterocycles. The van der Waals surface area contributed by atoms with Crippen LogP contribution in [0.3, 0.4) is 0 Å². The molecule has 1 amide bonds. The van der Waals surface area contributed by atoms with Crippen LogP contribution in [0.1, 0.15) is 56.7 Å². The summed E-state index contributed by atoms with van der Waals surface area (Å²) in [6.45, 7) is 10.3. The molecule has 0 fully saturated rings. The minimum absolute atomic E-state index is 0.146. The summed E-state index contributed by atoms with van der Waals surface area (Å²) in [5.41, 5.74) is 2.51. The second-order valence-corrected chi connectivity index (χ2v) is 10.2. The summed E-state index contributed by atoms with van der Waals surface area (Å²) in [6.07, 6.45) is 1.08. The van der Waals surface area contributed by atoms with Crippen molar-refractivity contribution in [3.63, 3.8) is 0 Å². The number of carbonyl (C=O) groups is 3. The van der Waals surface area contributed by atoms with Crippen LogP contribution in [0.25, 0.3) is 0 Å². The van der Waals surface area contributed by atoms with Crippen LogP contribution in [0.4, 0.5) is 9.59 Å². The number of alkyl carbamates (subject to hydrolysis) is 1. The molecule has 0 aromatic heterocycles. The molecule has 29 heavy (non-hydrogen) atoms. The van der Waals surface area contributed by atoms with Crippen LogP contribution in [0.5, 0.6) is 5.75 Å². The van der Waals surface area contributed by atoms with Crippen molar-refractivity contribution in [3.8, 4) is 5.75 Å². The third-order valence-electron chi connectivity index (χ3n) is 3.71. The first-order valence-corrected chi connectivity index (χ1v) is 11.7. The summed E-state index contributed by atoms with van der Waals surface area (Å²) in [6, 6.07) is 3.74. The fourth-order valence-electron chi connectivity index (χ4n) is 2.54. The highest BCUT2D eigenvalue weighted by atomic mass is 127. The van der Waals surface area contributed by atoms with Gasteiger partial charge in [-0.05, 0) is 79.8 Å². The summed E-state index contributed by atoms with van der Waals surface area (Å²) < 4.78 is 16.6. The van der Waals surface area contributed by atoms with Crippen LogP contribution in [-0.4, -0.2) is 32.7 Å². The first-order chi connectivity index (χ1) is 13.7. The number of aryl methyl sites for hydroxylation is 2. The third kappa shape index (κ3) is 10.4. The van der Waals surface area contributed by atoms with Gasteiger partial charge < -0.3 is 19.5 Å². The SMILES string of the molecule is CCOC(=O)NCCCCC(=O)Oc1c(C)cc(COC(=O)I=C(C)C)cc1C. The Morgan fingerprint density at radius 3 is 2.28 bits per heavy atom. The largest absolute Gasteiger partial charge is 0.454 e. The van der Waals surface area contributed by atoms with Crippen molar-refractivity contribution in [2.45, 2.75) is 60.5 Å². The molecule has 1 aromatic carbocycles. The lowest BCUT2D eigenvalue weighted by atomic mass is 10.1. The summed E-state index contributed by atoms with van der Waals surface area (Å²) >= 11 is -0.689. The lowest BCUT2D eigenvalue weighted by molar-refractivity contribution is -0.134. The number of rotatable bonds is 10. The van der Waals surface area contributed by atoms with E-state index in [1.165, 1.54) is 0 Å². The first-order valence-electron chi connectivity index (χ1n) is 9.56. The molecule has 8 heteroatoms. The molecular weight excluding hydrogens is 489 g/mol. The fraction of sp³-hybridized carbons (Fsp3) is 0.524. The van der Waals surface area contributed by atoms with Crippen molar-refractivity contribution >= 4 is 40.3 Å². The molecule has 162 valence electrons. The van der Waals surface area contributed by atoms with Gasteiger partial charge in [-0.3, -0.25) is 4.79 Å². The van der Waals surface area contributed by atoms with Gasteiger partial charge in [0.2, 0.25) is 0 Å². The molecule has 1 N–H and O–H groups in total. The Morgan fingerprint density at radius 1 is 1.03 bits per heavy atom. The van der Waals surface area contributed by atoms with E-state index in [1.54, 1.807) is 6.92 Å². The van der Waals surface area contributed by atoms with E-state index in [9.17, 15) is 14.4 Å². The summed E-state index contributed by atoms with van der Waals surface area (Å²) in [7, 11) is 0. The molecule has 0 aliphatic rings. The lowest BCUT2D eigenvalue weighted by Crippen LogP contribution is -2.25. The van der Waals surface area contributed by atoms with E-state index in [-0.39, 0.29) is 23.0 Å². The van der Waals surface area contributed by atoms with Crippen LogP contribution in [0.15, 0.2) is 12.1 Å². The van der Waals surface area contributed by atoms with Crippen LogP contribution in [-0.2, 0) is 20.9 Å². The predicted octanol–water partition coefficient (Wildman–Crippen LogP) is 4.94. The van der Waals surface area contributed by atoms with Crippen molar-refractivity contribution in [2.24, 2.45) is 0 Å². The maximum Gasteiger partial charge on any atom is 0.407 e. The van der Waals surface area contributed by atoms with Crippen LogP contribution in [0, 0.1) is 13.8 Å². The molecular formula is C21H30INO6. The number of halogens is 1. The van der Waals surface area contributed by atoms with Gasteiger partial charge in [-0.2, -0.15) is 0 Å². The Balaban J connectivity index is 2.49. The van der Waals surface area contributed by atoms with Gasteiger partial charge in [0.1, 0.15) is 12.4 Å². The first kappa shape index (κ1) is 25.1. The third-order valence-corrected chi connectivity index (χ3v) is 5.54. The Morgan fingerprint density at radius 2 is 1.69 bits per heavy atom. The molecule has 0 bridgehead atoms. The minimum atomic E-state index is -0.689. The van der Waals surface area contributed by atoms with Gasteiger partial charge >= 0.3 is 16.0 Å². The number of unbranched alkanes of at least 4 members (excludes halogenated alkanes) is 1. The van der Waals surface area contributed by atoms with E-state index in [2.05, 4.69) is 5.32 Å². The van der Waals surface area contributed by atoms with Crippen molar-refractivity contribution < 1.29 is 28.6 Å². The van der Waals surface area contributed by atoms with Gasteiger partial charge in [-0.25, -0.2) is 9.59 Å². The number of esters is 1. The van der Waals surface area contributed by atoms with Gasteiger partial charge in [0.25, 0.3) is 0 Å². The van der Waals surface area contributed by atoms with Gasteiger partial charge in [0.05, 0.1) is 6.61 Å². The monoisotopic (exact) mass is 519 g/mol. The quantitative estimate of drug-likeness (QED) is 0.155. The van der Waals surface area contributed by atoms with E-state index < -0.39 is 26.8 Å². The Kier molecular flexibility index (Phi) is 11.5. The van der Waals surface area contributed by atoms with E-state index in [0.717, 1.165) is 20.2 Å². The summed E-state index contributed by atoms with van der Waals surface area (Å²) in [4.78, 5) is 35.0.